The van der Waals surface area contributed by atoms with Crippen molar-refractivity contribution in [3.8, 4) is 0 Å². The number of halogens is 5. The molecule has 1 aromatic rings. The summed E-state index contributed by atoms with van der Waals surface area (Å²) in [6.07, 6.45) is 0. The molecule has 12 heavy (non-hydrogen) atoms. The van der Waals surface area contributed by atoms with Crippen molar-refractivity contribution < 1.29 is 22.0 Å². The van der Waals surface area contributed by atoms with Crippen LogP contribution in [0.4, 0.5) is 22.0 Å². The molecule has 2 radical (unpaired) electrons. The van der Waals surface area contributed by atoms with Crippen molar-refractivity contribution in [2.45, 2.75) is 0 Å². The van der Waals surface area contributed by atoms with E-state index in [1.54, 1.807) is 0 Å². The topological polar surface area (TPSA) is 0 Å². The van der Waals surface area contributed by atoms with Gasteiger partial charge in [0.15, 0.2) is 0 Å². The van der Waals surface area contributed by atoms with Crippen molar-refractivity contribution in [2.24, 2.45) is 0 Å². The van der Waals surface area contributed by atoms with Crippen LogP contribution >= 0.6 is 0 Å². The Morgan fingerprint density at radius 3 is 1.17 bits per heavy atom. The third kappa shape index (κ3) is 1.30. The van der Waals surface area contributed by atoms with Gasteiger partial charge >= 0.3 is 77.6 Å². The monoisotopic (exact) mass is 288 g/mol. The zero-order chi connectivity index (χ0) is 9.46. The van der Waals surface area contributed by atoms with Crippen LogP contribution in [0.1, 0.15) is 0 Å². The van der Waals surface area contributed by atoms with E-state index < -0.39 is 32.6 Å². The first-order valence-corrected chi connectivity index (χ1v) is 3.94. The van der Waals surface area contributed by atoms with E-state index in [0.29, 0.717) is 23.0 Å². The van der Waals surface area contributed by atoms with Gasteiger partial charge in [-0.25, -0.2) is 0 Å². The van der Waals surface area contributed by atoms with Gasteiger partial charge in [0, 0.05) is 0 Å². The standard InChI is InChI=1S/C6F5.Sb/c7-2-1-3(8)5(10)6(11)4(2)9;. The summed E-state index contributed by atoms with van der Waals surface area (Å²) < 4.78 is 60.8. The first kappa shape index (κ1) is 9.77. The molecule has 0 aliphatic carbocycles. The van der Waals surface area contributed by atoms with Gasteiger partial charge in [-0.3, -0.25) is 0 Å². The SMILES string of the molecule is Fc1c(F)c(F)[c]([Sb])c(F)c1F. The Bertz CT molecular complexity index is 230. The van der Waals surface area contributed by atoms with Gasteiger partial charge in [0.2, 0.25) is 0 Å². The zero-order valence-electron chi connectivity index (χ0n) is 5.34. The summed E-state index contributed by atoms with van der Waals surface area (Å²) >= 11 is 0.442. The van der Waals surface area contributed by atoms with Crippen LogP contribution in [0.25, 0.3) is 0 Å². The van der Waals surface area contributed by atoms with E-state index in [2.05, 4.69) is 0 Å². The predicted octanol–water partition coefficient (Wildman–Crippen LogP) is 1.18. The van der Waals surface area contributed by atoms with Crippen molar-refractivity contribution in [1.29, 1.82) is 0 Å². The summed E-state index contributed by atoms with van der Waals surface area (Å²) in [5.41, 5.74) is 0. The molecule has 6 heteroatoms. The first-order chi connectivity index (χ1) is 5.46. The molecule has 64 valence electrons. The van der Waals surface area contributed by atoms with E-state index in [0.717, 1.165) is 0 Å². The first-order valence-electron chi connectivity index (χ1n) is 2.67. The Morgan fingerprint density at radius 2 is 0.833 bits per heavy atom. The fraction of sp³-hybridized carbons (Fsp3) is 0. The van der Waals surface area contributed by atoms with Gasteiger partial charge in [-0.15, -0.1) is 0 Å². The van der Waals surface area contributed by atoms with E-state index >= 15 is 0 Å². The van der Waals surface area contributed by atoms with Crippen molar-refractivity contribution >= 4 is 26.5 Å². The van der Waals surface area contributed by atoms with Gasteiger partial charge < -0.3 is 0 Å². The molecule has 0 bridgehead atoms. The summed E-state index contributed by atoms with van der Waals surface area (Å²) in [5, 5.41) is 0. The molecular formula is C6F5Sb. The van der Waals surface area contributed by atoms with Gasteiger partial charge in [0.25, 0.3) is 0 Å². The van der Waals surface area contributed by atoms with Crippen LogP contribution in [0.2, 0.25) is 0 Å². The molecule has 0 aliphatic heterocycles. The molecule has 1 rings (SSSR count). The van der Waals surface area contributed by atoms with Gasteiger partial charge in [0.1, 0.15) is 0 Å². The second-order valence-corrected chi connectivity index (χ2v) is 3.19. The second kappa shape index (κ2) is 3.21. The van der Waals surface area contributed by atoms with Crippen LogP contribution in [0.3, 0.4) is 0 Å². The molecule has 1 aromatic carbocycles. The maximum absolute atomic E-state index is 12.4. The van der Waals surface area contributed by atoms with Crippen molar-refractivity contribution in [2.75, 3.05) is 0 Å². The van der Waals surface area contributed by atoms with Crippen LogP contribution in [0.15, 0.2) is 0 Å². The number of rotatable bonds is 0. The van der Waals surface area contributed by atoms with Crippen LogP contribution in [0.5, 0.6) is 0 Å². The maximum atomic E-state index is 12.4. The molecule has 0 atom stereocenters. The third-order valence-electron chi connectivity index (χ3n) is 1.19. The van der Waals surface area contributed by atoms with E-state index in [9.17, 15) is 22.0 Å². The minimum absolute atomic E-state index is 0.442. The number of hydrogen-bond donors (Lipinski definition) is 0. The average Bonchev–Trinajstić information content (AvgIpc) is 2.08. The normalized spacial score (nSPS) is 10.5. The van der Waals surface area contributed by atoms with Gasteiger partial charge in [-0.1, -0.05) is 0 Å². The number of hydrogen-bond acceptors (Lipinski definition) is 0. The van der Waals surface area contributed by atoms with E-state index in [4.69, 9.17) is 0 Å². The van der Waals surface area contributed by atoms with Crippen LogP contribution in [0, 0.1) is 29.1 Å². The Balaban J connectivity index is 3.60. The molecule has 0 aromatic heterocycles. The molecule has 0 saturated carbocycles. The summed E-state index contributed by atoms with van der Waals surface area (Å²) in [7, 11) is 0. The molecular weight excluding hydrogens is 289 g/mol. The Kier molecular flexibility index (Phi) is 2.61. The minimum atomic E-state index is -2.12. The van der Waals surface area contributed by atoms with Crippen molar-refractivity contribution in [3.63, 3.8) is 0 Å². The fourth-order valence-corrected chi connectivity index (χ4v) is 1.15. The quantitative estimate of drug-likeness (QED) is 0.291. The molecule has 0 N–H and O–H groups in total. The van der Waals surface area contributed by atoms with E-state index in [1.807, 2.05) is 0 Å². The van der Waals surface area contributed by atoms with Gasteiger partial charge in [-0.2, -0.15) is 0 Å². The average molecular weight is 289 g/mol. The predicted molar refractivity (Wildman–Crippen MR) is 31.6 cm³/mol. The molecule has 0 amide bonds. The molecule has 0 saturated heterocycles. The Hall–Kier alpha value is -0.312. The molecule has 0 spiro atoms. The Labute approximate surface area is 77.9 Å². The second-order valence-electron chi connectivity index (χ2n) is 1.92. The fourth-order valence-electron chi connectivity index (χ4n) is 0.593. The van der Waals surface area contributed by atoms with Gasteiger partial charge in [-0.05, 0) is 0 Å². The molecule has 0 nitrogen and oxygen atoms in total. The van der Waals surface area contributed by atoms with Crippen LogP contribution in [-0.2, 0) is 0 Å². The summed E-state index contributed by atoms with van der Waals surface area (Å²) in [6.45, 7) is 0. The van der Waals surface area contributed by atoms with Gasteiger partial charge in [0.05, 0.1) is 0 Å². The molecule has 0 fully saturated rings. The van der Waals surface area contributed by atoms with Crippen LogP contribution < -0.4 is 3.51 Å². The molecule has 0 unspecified atom stereocenters. The zero-order valence-corrected chi connectivity index (χ0v) is 7.89. The van der Waals surface area contributed by atoms with Crippen molar-refractivity contribution in [1.82, 2.24) is 0 Å². The molecule has 0 heterocycles. The van der Waals surface area contributed by atoms with E-state index in [-0.39, 0.29) is 0 Å². The number of benzene rings is 1. The van der Waals surface area contributed by atoms with E-state index in [1.165, 1.54) is 0 Å². The molecule has 0 aliphatic rings. The summed E-state index contributed by atoms with van der Waals surface area (Å²) in [4.78, 5) is 0. The Morgan fingerprint density at radius 1 is 0.583 bits per heavy atom. The summed E-state index contributed by atoms with van der Waals surface area (Å²) in [5.74, 6) is -9.44. The third-order valence-corrected chi connectivity index (χ3v) is 2.31. The summed E-state index contributed by atoms with van der Waals surface area (Å²) in [6, 6.07) is 0. The van der Waals surface area contributed by atoms with Crippen LogP contribution in [-0.4, -0.2) is 23.0 Å². The van der Waals surface area contributed by atoms with Crippen molar-refractivity contribution in [3.05, 3.63) is 29.1 Å².